The van der Waals surface area contributed by atoms with Crippen molar-refractivity contribution in [1.29, 1.82) is 0 Å². The molecule has 2 fully saturated rings. The van der Waals surface area contributed by atoms with E-state index in [0.29, 0.717) is 18.3 Å². The Morgan fingerprint density at radius 2 is 2.09 bits per heavy atom. The fourth-order valence-corrected chi connectivity index (χ4v) is 4.46. The number of likely N-dealkylation sites (tertiary alicyclic amines) is 1. The summed E-state index contributed by atoms with van der Waals surface area (Å²) in [4.78, 5) is 27.0. The Morgan fingerprint density at radius 3 is 2.61 bits per heavy atom. The molecule has 7 N–H and O–H groups in total. The Bertz CT molecular complexity index is 504. The lowest BCUT2D eigenvalue weighted by molar-refractivity contribution is -0.148. The van der Waals surface area contributed by atoms with Crippen molar-refractivity contribution in [2.45, 2.75) is 37.2 Å². The quantitative estimate of drug-likeness (QED) is 0.598. The zero-order chi connectivity index (χ0) is 14.4. The van der Waals surface area contributed by atoms with Gasteiger partial charge in [0.25, 0.3) is 0 Å². The SMILES string of the molecule is CC1CCCN1CC1=C(C(=O)O)N2C(=O)C(N)[C@H]2SC1.Cl.O.O. The lowest BCUT2D eigenvalue weighted by Gasteiger charge is -2.48. The van der Waals surface area contributed by atoms with Crippen LogP contribution in [-0.2, 0) is 9.59 Å². The molecule has 3 rings (SSSR count). The maximum absolute atomic E-state index is 11.8. The molecule has 134 valence electrons. The number of nitrogens with zero attached hydrogens (tertiary/aromatic N) is 2. The van der Waals surface area contributed by atoms with Crippen LogP contribution in [0.15, 0.2) is 11.3 Å². The first-order chi connectivity index (χ1) is 9.50. The second-order valence-electron chi connectivity index (χ2n) is 5.65. The molecular weight excluding hydrogens is 346 g/mol. The highest BCUT2D eigenvalue weighted by Gasteiger charge is 2.51. The molecule has 0 aromatic carbocycles. The van der Waals surface area contributed by atoms with Crippen LogP contribution in [0.5, 0.6) is 0 Å². The van der Waals surface area contributed by atoms with Crippen LogP contribution in [0.2, 0.25) is 0 Å². The molecule has 0 aliphatic carbocycles. The Balaban J connectivity index is 0.00000161. The summed E-state index contributed by atoms with van der Waals surface area (Å²) in [6.07, 6.45) is 2.30. The van der Waals surface area contributed by atoms with E-state index in [1.165, 1.54) is 4.90 Å². The number of fused-ring (bicyclic) bond motifs is 1. The van der Waals surface area contributed by atoms with Crippen LogP contribution in [0.4, 0.5) is 0 Å². The zero-order valence-electron chi connectivity index (χ0n) is 12.8. The van der Waals surface area contributed by atoms with E-state index in [0.717, 1.165) is 25.0 Å². The van der Waals surface area contributed by atoms with Gasteiger partial charge in [0.05, 0.1) is 0 Å². The predicted octanol–water partition coefficient (Wildman–Crippen LogP) is -1.18. The number of hydrogen-bond donors (Lipinski definition) is 2. The van der Waals surface area contributed by atoms with Crippen LogP contribution >= 0.6 is 24.2 Å². The Morgan fingerprint density at radius 1 is 1.43 bits per heavy atom. The maximum Gasteiger partial charge on any atom is 0.352 e. The van der Waals surface area contributed by atoms with E-state index in [2.05, 4.69) is 11.8 Å². The van der Waals surface area contributed by atoms with Crippen molar-refractivity contribution >= 4 is 36.0 Å². The van der Waals surface area contributed by atoms with Crippen molar-refractivity contribution in [3.63, 3.8) is 0 Å². The smallest absolute Gasteiger partial charge is 0.352 e. The van der Waals surface area contributed by atoms with Crippen molar-refractivity contribution in [2.75, 3.05) is 18.8 Å². The average molecular weight is 370 g/mol. The topological polar surface area (TPSA) is 150 Å². The number of thioether (sulfide) groups is 1. The minimum atomic E-state index is -1.02. The monoisotopic (exact) mass is 369 g/mol. The van der Waals surface area contributed by atoms with Gasteiger partial charge in [0.1, 0.15) is 17.1 Å². The number of nitrogens with two attached hydrogens (primary N) is 1. The third-order valence-electron chi connectivity index (χ3n) is 4.38. The van der Waals surface area contributed by atoms with Crippen molar-refractivity contribution in [3.05, 3.63) is 11.3 Å². The molecule has 10 heteroatoms. The number of carboxylic acids is 1. The first-order valence-corrected chi connectivity index (χ1v) is 7.95. The summed E-state index contributed by atoms with van der Waals surface area (Å²) in [7, 11) is 0. The van der Waals surface area contributed by atoms with Crippen molar-refractivity contribution in [3.8, 4) is 0 Å². The van der Waals surface area contributed by atoms with Gasteiger partial charge in [-0.05, 0) is 31.9 Å². The van der Waals surface area contributed by atoms with Crippen LogP contribution in [-0.4, -0.2) is 74.0 Å². The van der Waals surface area contributed by atoms with Crippen LogP contribution < -0.4 is 5.73 Å². The van der Waals surface area contributed by atoms with Crippen LogP contribution in [0.1, 0.15) is 19.8 Å². The van der Waals surface area contributed by atoms with Gasteiger partial charge < -0.3 is 21.8 Å². The number of aliphatic carboxylic acids is 1. The van der Waals surface area contributed by atoms with E-state index in [1.54, 1.807) is 11.8 Å². The molecule has 2 saturated heterocycles. The first kappa shape index (κ1) is 22.2. The Labute approximate surface area is 145 Å². The minimum absolute atomic E-state index is 0. The lowest BCUT2D eigenvalue weighted by Crippen LogP contribution is -2.68. The molecule has 0 radical (unpaired) electrons. The highest BCUT2D eigenvalue weighted by Crippen LogP contribution is 2.39. The largest absolute Gasteiger partial charge is 0.477 e. The summed E-state index contributed by atoms with van der Waals surface area (Å²) in [6.45, 7) is 3.80. The van der Waals surface area contributed by atoms with E-state index in [4.69, 9.17) is 5.73 Å². The van der Waals surface area contributed by atoms with Crippen molar-refractivity contribution in [1.82, 2.24) is 9.80 Å². The highest BCUT2D eigenvalue weighted by molar-refractivity contribution is 8.00. The van der Waals surface area contributed by atoms with Gasteiger partial charge in [0, 0.05) is 18.3 Å². The molecule has 0 aromatic rings. The van der Waals surface area contributed by atoms with Gasteiger partial charge in [-0.2, -0.15) is 0 Å². The van der Waals surface area contributed by atoms with Crippen molar-refractivity contribution < 1.29 is 25.6 Å². The van der Waals surface area contributed by atoms with Gasteiger partial charge in [-0.15, -0.1) is 24.2 Å². The molecule has 0 aromatic heterocycles. The predicted molar refractivity (Wildman–Crippen MR) is 90.5 cm³/mol. The molecule has 3 atom stereocenters. The molecule has 1 amide bonds. The molecule has 3 aliphatic heterocycles. The zero-order valence-corrected chi connectivity index (χ0v) is 14.5. The number of rotatable bonds is 3. The number of hydrogen-bond acceptors (Lipinski definition) is 5. The van der Waals surface area contributed by atoms with E-state index in [1.807, 2.05) is 0 Å². The van der Waals surface area contributed by atoms with Crippen LogP contribution in [0.25, 0.3) is 0 Å². The lowest BCUT2D eigenvalue weighted by atomic mass is 10.0. The number of amides is 1. The molecular formula is C13H24ClN3O5S. The molecule has 0 bridgehead atoms. The Hall–Kier alpha value is -0.840. The number of carboxylic acid groups (broad SMARTS) is 1. The molecule has 23 heavy (non-hydrogen) atoms. The summed E-state index contributed by atoms with van der Waals surface area (Å²) in [6, 6.07) is -0.0729. The third kappa shape index (κ3) is 3.65. The first-order valence-electron chi connectivity index (χ1n) is 6.90. The highest BCUT2D eigenvalue weighted by atomic mass is 35.5. The second-order valence-corrected chi connectivity index (χ2v) is 6.76. The third-order valence-corrected chi connectivity index (χ3v) is 5.74. The van der Waals surface area contributed by atoms with Crippen LogP contribution in [0.3, 0.4) is 0 Å². The number of halogens is 1. The fourth-order valence-electron chi connectivity index (χ4n) is 3.17. The van der Waals surface area contributed by atoms with Crippen molar-refractivity contribution in [2.24, 2.45) is 5.73 Å². The summed E-state index contributed by atoms with van der Waals surface area (Å²) >= 11 is 1.57. The van der Waals surface area contributed by atoms with Gasteiger partial charge in [-0.3, -0.25) is 14.6 Å². The second kappa shape index (κ2) is 8.32. The van der Waals surface area contributed by atoms with Gasteiger partial charge >= 0.3 is 5.97 Å². The summed E-state index contributed by atoms with van der Waals surface area (Å²) < 4.78 is 0. The summed E-state index contributed by atoms with van der Waals surface area (Å²) in [5, 5.41) is 9.25. The van der Waals surface area contributed by atoms with E-state index >= 15 is 0 Å². The molecule has 0 saturated carbocycles. The van der Waals surface area contributed by atoms with Gasteiger partial charge in [0.15, 0.2) is 0 Å². The number of carbonyl (C=O) groups is 2. The van der Waals surface area contributed by atoms with E-state index < -0.39 is 12.0 Å². The standard InChI is InChI=1S/C13H19N3O3S.ClH.2H2O/c1-7-3-2-4-15(7)5-8-6-20-12-9(14)11(17)16(12)10(8)13(18)19;;;/h7,9,12H,2-6,14H2,1H3,(H,18,19);1H;2*1H2/t7?,9?,12-;;;/m1.../s1. The van der Waals surface area contributed by atoms with E-state index in [9.17, 15) is 14.7 Å². The molecule has 8 nitrogen and oxygen atoms in total. The molecule has 0 spiro atoms. The number of β-lactam (4-membered cyclic amide) rings is 1. The average Bonchev–Trinajstić information content (AvgIpc) is 2.82. The normalized spacial score (nSPS) is 29.7. The van der Waals surface area contributed by atoms with Gasteiger partial charge in [0.2, 0.25) is 5.91 Å². The van der Waals surface area contributed by atoms with Gasteiger partial charge in [-0.25, -0.2) is 4.79 Å². The number of carbonyl (C=O) groups excluding carboxylic acids is 1. The maximum atomic E-state index is 11.8. The molecule has 3 heterocycles. The molecule has 2 unspecified atom stereocenters. The van der Waals surface area contributed by atoms with Gasteiger partial charge in [-0.1, -0.05) is 0 Å². The minimum Gasteiger partial charge on any atom is -0.477 e. The van der Waals surface area contributed by atoms with E-state index in [-0.39, 0.29) is 40.3 Å². The fraction of sp³-hybridized carbons (Fsp3) is 0.692. The summed E-state index contributed by atoms with van der Waals surface area (Å²) in [5.74, 6) is -0.642. The van der Waals surface area contributed by atoms with Crippen LogP contribution in [0, 0.1) is 0 Å². The molecule has 3 aliphatic rings. The Kier molecular flexibility index (Phi) is 8.01. The summed E-state index contributed by atoms with van der Waals surface area (Å²) in [5.41, 5.74) is 6.74.